The monoisotopic (exact) mass is 294 g/mol. The van der Waals surface area contributed by atoms with Crippen LogP contribution in [0.5, 0.6) is 5.75 Å². The molecule has 0 aliphatic rings. The Balaban J connectivity index is 2.77. The van der Waals surface area contributed by atoms with Crippen LogP contribution in [-0.4, -0.2) is 23.3 Å². The van der Waals surface area contributed by atoms with Gasteiger partial charge in [-0.25, -0.2) is 4.79 Å². The van der Waals surface area contributed by atoms with Gasteiger partial charge in [0.25, 0.3) is 0 Å². The molecule has 5 nitrogen and oxygen atoms in total. The van der Waals surface area contributed by atoms with Gasteiger partial charge in [-0.3, -0.25) is 5.32 Å². The molecule has 0 fully saturated rings. The van der Waals surface area contributed by atoms with E-state index >= 15 is 0 Å². The van der Waals surface area contributed by atoms with Crippen molar-refractivity contribution in [1.29, 1.82) is 0 Å². The number of ether oxygens (including phenoxy) is 1. The number of carbonyl (C=O) groups is 1. The molecule has 0 aliphatic carbocycles. The Morgan fingerprint density at radius 3 is 2.38 bits per heavy atom. The lowest BCUT2D eigenvalue weighted by atomic mass is 9.85. The molecule has 1 rings (SSSR count). The molecule has 0 aliphatic heterocycles. The predicted molar refractivity (Wildman–Crippen MR) is 84.5 cm³/mol. The van der Waals surface area contributed by atoms with Crippen LogP contribution >= 0.6 is 0 Å². The summed E-state index contributed by atoms with van der Waals surface area (Å²) in [7, 11) is 0. The Morgan fingerprint density at radius 2 is 1.90 bits per heavy atom. The Hall–Kier alpha value is -1.75. The number of amides is 1. The Morgan fingerprint density at radius 1 is 1.29 bits per heavy atom. The number of phenols is 1. The van der Waals surface area contributed by atoms with Crippen LogP contribution in [0.4, 0.5) is 10.5 Å². The van der Waals surface area contributed by atoms with Gasteiger partial charge in [0.1, 0.15) is 11.4 Å². The van der Waals surface area contributed by atoms with Gasteiger partial charge >= 0.3 is 6.09 Å². The van der Waals surface area contributed by atoms with Gasteiger partial charge in [0.05, 0.1) is 0 Å². The van der Waals surface area contributed by atoms with E-state index in [1.54, 1.807) is 32.9 Å². The summed E-state index contributed by atoms with van der Waals surface area (Å²) in [5.74, 6) is 0.144. The van der Waals surface area contributed by atoms with Crippen LogP contribution in [0.25, 0.3) is 0 Å². The van der Waals surface area contributed by atoms with Gasteiger partial charge in [-0.1, -0.05) is 19.9 Å². The average molecular weight is 294 g/mol. The Kier molecular flexibility index (Phi) is 5.23. The van der Waals surface area contributed by atoms with Crippen LogP contribution in [-0.2, 0) is 11.2 Å². The topological polar surface area (TPSA) is 84.6 Å². The summed E-state index contributed by atoms with van der Waals surface area (Å²) in [4.78, 5) is 11.7. The van der Waals surface area contributed by atoms with E-state index in [-0.39, 0.29) is 11.2 Å². The fourth-order valence-electron chi connectivity index (χ4n) is 1.80. The van der Waals surface area contributed by atoms with E-state index in [1.165, 1.54) is 6.07 Å². The fraction of sp³-hybridized carbons (Fsp3) is 0.562. The number of benzene rings is 1. The quantitative estimate of drug-likeness (QED) is 0.795. The lowest BCUT2D eigenvalue weighted by Crippen LogP contribution is -2.27. The highest BCUT2D eigenvalue weighted by Gasteiger charge is 2.19. The second-order valence-electron chi connectivity index (χ2n) is 7.02. The normalized spacial score (nSPS) is 12.1. The Bertz CT molecular complexity index is 505. The van der Waals surface area contributed by atoms with E-state index in [9.17, 15) is 9.90 Å². The van der Waals surface area contributed by atoms with Gasteiger partial charge in [0, 0.05) is 11.8 Å². The SMILES string of the molecule is CC(C)(CN)Cc1ccc(NC(=O)OC(C)(C)C)cc1O. The minimum Gasteiger partial charge on any atom is -0.508 e. The molecule has 4 N–H and O–H groups in total. The van der Waals surface area contributed by atoms with Crippen molar-refractivity contribution in [3.63, 3.8) is 0 Å². The zero-order valence-electron chi connectivity index (χ0n) is 13.5. The second kappa shape index (κ2) is 6.35. The summed E-state index contributed by atoms with van der Waals surface area (Å²) < 4.78 is 5.16. The Labute approximate surface area is 126 Å². The van der Waals surface area contributed by atoms with E-state index in [1.807, 2.05) is 13.8 Å². The van der Waals surface area contributed by atoms with Crippen molar-refractivity contribution in [2.45, 2.75) is 46.6 Å². The molecule has 0 atom stereocenters. The van der Waals surface area contributed by atoms with E-state index in [2.05, 4.69) is 5.32 Å². The molecule has 118 valence electrons. The zero-order valence-corrected chi connectivity index (χ0v) is 13.5. The first kappa shape index (κ1) is 17.3. The van der Waals surface area contributed by atoms with Crippen molar-refractivity contribution in [3.8, 4) is 5.75 Å². The highest BCUT2D eigenvalue weighted by Crippen LogP contribution is 2.29. The number of aromatic hydroxyl groups is 1. The molecule has 0 heterocycles. The van der Waals surface area contributed by atoms with Gasteiger partial charge in [-0.2, -0.15) is 0 Å². The van der Waals surface area contributed by atoms with Gasteiger partial charge in [-0.15, -0.1) is 0 Å². The summed E-state index contributed by atoms with van der Waals surface area (Å²) in [6.45, 7) is 10.00. The van der Waals surface area contributed by atoms with E-state index in [0.717, 1.165) is 5.56 Å². The van der Waals surface area contributed by atoms with E-state index < -0.39 is 11.7 Å². The first-order valence-corrected chi connectivity index (χ1v) is 7.04. The highest BCUT2D eigenvalue weighted by molar-refractivity contribution is 5.85. The maximum absolute atomic E-state index is 11.7. The molecule has 0 spiro atoms. The van der Waals surface area contributed by atoms with Gasteiger partial charge in [0.15, 0.2) is 0 Å². The smallest absolute Gasteiger partial charge is 0.412 e. The minimum atomic E-state index is -0.558. The van der Waals surface area contributed by atoms with Crippen LogP contribution in [0, 0.1) is 5.41 Å². The summed E-state index contributed by atoms with van der Waals surface area (Å²) in [6.07, 6.45) is 0.124. The number of rotatable bonds is 4. The summed E-state index contributed by atoms with van der Waals surface area (Å²) in [5, 5.41) is 12.7. The average Bonchev–Trinajstić information content (AvgIpc) is 2.30. The highest BCUT2D eigenvalue weighted by atomic mass is 16.6. The number of nitrogens with one attached hydrogen (secondary N) is 1. The molecular formula is C16H26N2O3. The van der Waals surface area contributed by atoms with Crippen molar-refractivity contribution in [2.75, 3.05) is 11.9 Å². The number of anilines is 1. The van der Waals surface area contributed by atoms with Crippen LogP contribution in [0.15, 0.2) is 18.2 Å². The molecular weight excluding hydrogens is 268 g/mol. The van der Waals surface area contributed by atoms with E-state index in [4.69, 9.17) is 10.5 Å². The van der Waals surface area contributed by atoms with Gasteiger partial charge in [-0.05, 0) is 50.8 Å². The number of hydrogen-bond acceptors (Lipinski definition) is 4. The third kappa shape index (κ3) is 6.04. The van der Waals surface area contributed by atoms with Crippen LogP contribution in [0.3, 0.4) is 0 Å². The van der Waals surface area contributed by atoms with Gasteiger partial charge < -0.3 is 15.6 Å². The molecule has 21 heavy (non-hydrogen) atoms. The molecule has 1 aromatic carbocycles. The third-order valence-electron chi connectivity index (χ3n) is 2.95. The molecule has 0 saturated carbocycles. The molecule has 1 aromatic rings. The predicted octanol–water partition coefficient (Wildman–Crippen LogP) is 3.27. The molecule has 0 aromatic heterocycles. The third-order valence-corrected chi connectivity index (χ3v) is 2.95. The molecule has 0 radical (unpaired) electrons. The number of hydrogen-bond donors (Lipinski definition) is 3. The van der Waals surface area contributed by atoms with Gasteiger partial charge in [0.2, 0.25) is 0 Å². The second-order valence-corrected chi connectivity index (χ2v) is 7.02. The van der Waals surface area contributed by atoms with Crippen molar-refractivity contribution < 1.29 is 14.6 Å². The summed E-state index contributed by atoms with van der Waals surface area (Å²) in [6, 6.07) is 5.05. The van der Waals surface area contributed by atoms with Crippen LogP contribution in [0.1, 0.15) is 40.2 Å². The number of nitrogens with two attached hydrogens (primary N) is 1. The lowest BCUT2D eigenvalue weighted by Gasteiger charge is -2.23. The van der Waals surface area contributed by atoms with Crippen LogP contribution in [0.2, 0.25) is 0 Å². The molecule has 1 amide bonds. The zero-order chi connectivity index (χ0) is 16.3. The first-order chi connectivity index (χ1) is 9.52. The minimum absolute atomic E-state index is 0.0857. The largest absolute Gasteiger partial charge is 0.508 e. The van der Waals surface area contributed by atoms with Crippen molar-refractivity contribution in [2.24, 2.45) is 11.1 Å². The summed E-state index contributed by atoms with van der Waals surface area (Å²) >= 11 is 0. The standard InChI is InChI=1S/C16H26N2O3/c1-15(2,3)21-14(20)18-12-7-6-11(13(19)8-12)9-16(4,5)10-17/h6-8,19H,9-10,17H2,1-5H3,(H,18,20). The first-order valence-electron chi connectivity index (χ1n) is 7.04. The molecule has 0 unspecified atom stereocenters. The summed E-state index contributed by atoms with van der Waals surface area (Å²) in [5.41, 5.74) is 6.36. The molecule has 0 saturated heterocycles. The number of carbonyl (C=O) groups excluding carboxylic acids is 1. The maximum atomic E-state index is 11.7. The molecule has 5 heteroatoms. The fourth-order valence-corrected chi connectivity index (χ4v) is 1.80. The van der Waals surface area contributed by atoms with Crippen LogP contribution < -0.4 is 11.1 Å². The van der Waals surface area contributed by atoms with Crippen molar-refractivity contribution >= 4 is 11.8 Å². The van der Waals surface area contributed by atoms with Crippen molar-refractivity contribution in [1.82, 2.24) is 0 Å². The number of phenolic OH excluding ortho intramolecular Hbond substituents is 1. The van der Waals surface area contributed by atoms with E-state index in [0.29, 0.717) is 18.7 Å². The molecule has 0 bridgehead atoms. The lowest BCUT2D eigenvalue weighted by molar-refractivity contribution is 0.0636. The van der Waals surface area contributed by atoms with Crippen molar-refractivity contribution in [3.05, 3.63) is 23.8 Å². The maximum Gasteiger partial charge on any atom is 0.412 e.